The molecule has 9 nitrogen and oxygen atoms in total. The molecule has 2 aliphatic rings. The number of nitrogens with one attached hydrogen (secondary N) is 2. The summed E-state index contributed by atoms with van der Waals surface area (Å²) < 4.78 is 0. The number of nitrogens with zero attached hydrogens (tertiary/aromatic N) is 4. The van der Waals surface area contributed by atoms with E-state index in [9.17, 15) is 14.4 Å². The van der Waals surface area contributed by atoms with Gasteiger partial charge in [0.25, 0.3) is 11.1 Å². The van der Waals surface area contributed by atoms with E-state index in [4.69, 9.17) is 0 Å². The maximum Gasteiger partial charge on any atom is 0.321 e. The van der Waals surface area contributed by atoms with Crippen LogP contribution in [-0.2, 0) is 4.79 Å². The van der Waals surface area contributed by atoms with Gasteiger partial charge in [0.1, 0.15) is 5.82 Å². The summed E-state index contributed by atoms with van der Waals surface area (Å²) in [5.74, 6) is 0.647. The lowest BCUT2D eigenvalue weighted by Crippen LogP contribution is -2.38. The van der Waals surface area contributed by atoms with Crippen molar-refractivity contribution in [2.45, 2.75) is 6.42 Å². The van der Waals surface area contributed by atoms with Crippen LogP contribution in [0.5, 0.6) is 0 Å². The first-order valence-electron chi connectivity index (χ1n) is 9.52. The van der Waals surface area contributed by atoms with E-state index < -0.39 is 11.1 Å². The molecule has 4 rings (SSSR count). The van der Waals surface area contributed by atoms with Gasteiger partial charge in [-0.25, -0.2) is 14.8 Å². The van der Waals surface area contributed by atoms with Crippen molar-refractivity contribution in [1.82, 2.24) is 20.2 Å². The van der Waals surface area contributed by atoms with Crippen molar-refractivity contribution in [2.24, 2.45) is 0 Å². The van der Waals surface area contributed by atoms with Crippen molar-refractivity contribution in [1.29, 1.82) is 0 Å². The topological polar surface area (TPSA) is 108 Å². The van der Waals surface area contributed by atoms with Crippen LogP contribution in [0.4, 0.5) is 21.1 Å². The Morgan fingerprint density at radius 2 is 1.93 bits per heavy atom. The zero-order valence-corrected chi connectivity index (χ0v) is 16.9. The van der Waals surface area contributed by atoms with E-state index in [0.29, 0.717) is 25.5 Å². The van der Waals surface area contributed by atoms with E-state index in [1.165, 1.54) is 6.08 Å². The molecule has 1 aromatic carbocycles. The van der Waals surface area contributed by atoms with Crippen molar-refractivity contribution in [3.63, 3.8) is 0 Å². The van der Waals surface area contributed by atoms with Gasteiger partial charge in [0.2, 0.25) is 0 Å². The van der Waals surface area contributed by atoms with E-state index in [1.54, 1.807) is 17.2 Å². The number of carbonyl (C=O) groups is 3. The van der Waals surface area contributed by atoms with Crippen LogP contribution >= 0.6 is 11.8 Å². The summed E-state index contributed by atoms with van der Waals surface area (Å²) in [6.07, 6.45) is 3.93. The summed E-state index contributed by atoms with van der Waals surface area (Å²) in [6.45, 7) is 2.58. The second kappa shape index (κ2) is 8.95. The van der Waals surface area contributed by atoms with Gasteiger partial charge in [0.05, 0.1) is 4.91 Å². The van der Waals surface area contributed by atoms with Crippen LogP contribution in [0.15, 0.2) is 47.5 Å². The predicted molar refractivity (Wildman–Crippen MR) is 115 cm³/mol. The summed E-state index contributed by atoms with van der Waals surface area (Å²) in [5.41, 5.74) is 0.768. The van der Waals surface area contributed by atoms with Gasteiger partial charge in [0.15, 0.2) is 5.82 Å². The number of benzene rings is 1. The van der Waals surface area contributed by atoms with Gasteiger partial charge >= 0.3 is 6.03 Å². The Hall–Kier alpha value is -3.40. The van der Waals surface area contributed by atoms with Crippen molar-refractivity contribution in [2.75, 3.05) is 36.4 Å². The molecule has 2 aromatic rings. The minimum Gasteiger partial charge on any atom is -0.355 e. The van der Waals surface area contributed by atoms with Crippen molar-refractivity contribution >= 4 is 46.5 Å². The zero-order chi connectivity index (χ0) is 20.9. The third-order valence-corrected chi connectivity index (χ3v) is 5.50. The number of thioether (sulfide) groups is 1. The highest BCUT2D eigenvalue weighted by molar-refractivity contribution is 8.18. The summed E-state index contributed by atoms with van der Waals surface area (Å²) in [5, 5.41) is 4.73. The molecule has 1 aromatic heterocycles. The summed E-state index contributed by atoms with van der Waals surface area (Å²) >= 11 is 0.834. The average Bonchev–Trinajstić information content (AvgIpc) is 2.94. The Morgan fingerprint density at radius 3 is 2.70 bits per heavy atom. The molecule has 3 heterocycles. The van der Waals surface area contributed by atoms with Crippen molar-refractivity contribution in [3.05, 3.63) is 53.3 Å². The molecule has 2 N–H and O–H groups in total. The van der Waals surface area contributed by atoms with Gasteiger partial charge in [-0.2, -0.15) is 0 Å². The number of rotatable bonds is 3. The summed E-state index contributed by atoms with van der Waals surface area (Å²) in [4.78, 5) is 48.4. The molecule has 154 valence electrons. The van der Waals surface area contributed by atoms with Gasteiger partial charge in [-0.15, -0.1) is 0 Å². The molecule has 0 spiro atoms. The zero-order valence-electron chi connectivity index (χ0n) is 16.1. The fourth-order valence-electron chi connectivity index (χ4n) is 3.22. The number of amides is 4. The van der Waals surface area contributed by atoms with Crippen LogP contribution in [0.1, 0.15) is 12.2 Å². The molecule has 2 saturated heterocycles. The maximum atomic E-state index is 12.6. The molecule has 0 unspecified atom stereocenters. The molecule has 0 bridgehead atoms. The lowest BCUT2D eigenvalue weighted by Gasteiger charge is -2.23. The van der Waals surface area contributed by atoms with Gasteiger partial charge < -0.3 is 15.1 Å². The predicted octanol–water partition coefficient (Wildman–Crippen LogP) is 2.54. The molecule has 0 radical (unpaired) electrons. The minimum atomic E-state index is -0.436. The van der Waals surface area contributed by atoms with Crippen molar-refractivity contribution < 1.29 is 14.4 Å². The number of para-hydroxylation sites is 1. The minimum absolute atomic E-state index is 0.120. The van der Waals surface area contributed by atoms with E-state index in [1.807, 2.05) is 30.3 Å². The quantitative estimate of drug-likeness (QED) is 0.729. The molecule has 4 amide bonds. The highest BCUT2D eigenvalue weighted by Crippen LogP contribution is 2.25. The molecule has 0 atom stereocenters. The van der Waals surface area contributed by atoms with E-state index in [-0.39, 0.29) is 10.9 Å². The Morgan fingerprint density at radius 1 is 1.10 bits per heavy atom. The third-order valence-electron chi connectivity index (χ3n) is 4.69. The SMILES string of the molecule is O=C1NC(=O)/C(=C/c2nccc(N3CCCN(C(=O)Nc4ccccc4)CC3)n2)S1. The molecule has 2 aliphatic heterocycles. The van der Waals surface area contributed by atoms with E-state index >= 15 is 0 Å². The second-order valence-corrected chi connectivity index (χ2v) is 7.76. The Labute approximate surface area is 177 Å². The first-order chi connectivity index (χ1) is 14.6. The number of urea groups is 1. The smallest absolute Gasteiger partial charge is 0.321 e. The van der Waals surface area contributed by atoms with Crippen LogP contribution in [0.3, 0.4) is 0 Å². The third kappa shape index (κ3) is 4.77. The first kappa shape index (κ1) is 19.9. The average molecular weight is 424 g/mol. The Balaban J connectivity index is 1.41. The van der Waals surface area contributed by atoms with Crippen LogP contribution in [0, 0.1) is 0 Å². The summed E-state index contributed by atoms with van der Waals surface area (Å²) in [6, 6.07) is 11.1. The molecule has 30 heavy (non-hydrogen) atoms. The van der Waals surface area contributed by atoms with Crippen LogP contribution in [-0.4, -0.2) is 58.2 Å². The lowest BCUT2D eigenvalue weighted by atomic mass is 10.3. The number of aromatic nitrogens is 2. The van der Waals surface area contributed by atoms with Crippen molar-refractivity contribution in [3.8, 4) is 0 Å². The molecular weight excluding hydrogens is 404 g/mol. The lowest BCUT2D eigenvalue weighted by molar-refractivity contribution is -0.115. The van der Waals surface area contributed by atoms with Gasteiger partial charge in [-0.1, -0.05) is 18.2 Å². The second-order valence-electron chi connectivity index (χ2n) is 6.75. The number of carbonyl (C=O) groups excluding carboxylic acids is 3. The summed E-state index contributed by atoms with van der Waals surface area (Å²) in [7, 11) is 0. The van der Waals surface area contributed by atoms with Gasteiger partial charge in [0, 0.05) is 44.1 Å². The van der Waals surface area contributed by atoms with Crippen LogP contribution < -0.4 is 15.5 Å². The monoisotopic (exact) mass is 424 g/mol. The first-order valence-corrected chi connectivity index (χ1v) is 10.3. The van der Waals surface area contributed by atoms with E-state index in [0.717, 1.165) is 36.2 Å². The Bertz CT molecular complexity index is 997. The van der Waals surface area contributed by atoms with Gasteiger partial charge in [-0.3, -0.25) is 14.9 Å². The highest BCUT2D eigenvalue weighted by Gasteiger charge is 2.25. The van der Waals surface area contributed by atoms with Crippen LogP contribution in [0.25, 0.3) is 6.08 Å². The number of hydrogen-bond donors (Lipinski definition) is 2. The Kier molecular flexibility index (Phi) is 5.94. The van der Waals surface area contributed by atoms with E-state index in [2.05, 4.69) is 25.5 Å². The van der Waals surface area contributed by atoms with Crippen LogP contribution in [0.2, 0.25) is 0 Å². The maximum absolute atomic E-state index is 12.6. The largest absolute Gasteiger partial charge is 0.355 e. The normalized spacial score (nSPS) is 18.3. The molecule has 0 aliphatic carbocycles. The highest BCUT2D eigenvalue weighted by atomic mass is 32.2. The molecule has 10 heteroatoms. The fraction of sp³-hybridized carbons (Fsp3) is 0.250. The number of imide groups is 1. The number of hydrogen-bond acceptors (Lipinski definition) is 7. The fourth-order valence-corrected chi connectivity index (χ4v) is 3.87. The number of anilines is 2. The molecule has 2 fully saturated rings. The standard InChI is InChI=1S/C20H20N6O3S/c27-18-15(30-20(29)24-18)13-16-21-8-7-17(23-16)25-9-4-10-26(12-11-25)19(28)22-14-5-2-1-3-6-14/h1-3,5-8,13H,4,9-12H2,(H,22,28)(H,24,27,29)/b15-13-. The molecular formula is C20H20N6O3S. The molecule has 0 saturated carbocycles. The van der Waals surface area contributed by atoms with Gasteiger partial charge in [-0.05, 0) is 36.4 Å².